The predicted molar refractivity (Wildman–Crippen MR) is 88.5 cm³/mol. The van der Waals surface area contributed by atoms with Crippen LogP contribution in [-0.2, 0) is 0 Å². The second-order valence-electron chi connectivity index (χ2n) is 4.31. The molecule has 1 heteroatoms. The fourth-order valence-corrected chi connectivity index (χ4v) is 2.25. The summed E-state index contributed by atoms with van der Waals surface area (Å²) in [6.07, 6.45) is 15.7. The molecule has 0 saturated carbocycles. The zero-order valence-corrected chi connectivity index (χ0v) is 12.8. The van der Waals surface area contributed by atoms with Crippen molar-refractivity contribution < 1.29 is 0 Å². The zero-order valence-electron chi connectivity index (χ0n) is 12.0. The predicted octanol–water partition coefficient (Wildman–Crippen LogP) is 6.07. The van der Waals surface area contributed by atoms with Crippen LogP contribution in [0, 0.1) is 6.92 Å². The number of allylic oxidation sites excluding steroid dienone is 8. The maximum absolute atomic E-state index is 2.17. The molecule has 100 valence electrons. The molecule has 0 aliphatic rings. The molecule has 1 rings (SSSR count). The number of hydrogen-bond acceptors (Lipinski definition) is 1. The normalized spacial score (nSPS) is 13.1. The highest BCUT2D eigenvalue weighted by atomic mass is 32.2. The van der Waals surface area contributed by atoms with E-state index in [1.54, 1.807) is 11.8 Å². The summed E-state index contributed by atoms with van der Waals surface area (Å²) in [5.41, 5.74) is 1.30. The van der Waals surface area contributed by atoms with Crippen molar-refractivity contribution in [1.29, 1.82) is 0 Å². The Morgan fingerprint density at radius 2 is 1.74 bits per heavy atom. The van der Waals surface area contributed by atoms with Gasteiger partial charge in [0.2, 0.25) is 0 Å². The van der Waals surface area contributed by atoms with E-state index >= 15 is 0 Å². The van der Waals surface area contributed by atoms with Crippen molar-refractivity contribution in [2.75, 3.05) is 0 Å². The Balaban J connectivity index is 2.40. The molecule has 0 saturated heterocycles. The molecular weight excluding hydrogens is 248 g/mol. The van der Waals surface area contributed by atoms with Gasteiger partial charge in [0.25, 0.3) is 0 Å². The Bertz CT molecular complexity index is 473. The summed E-state index contributed by atoms with van der Waals surface area (Å²) in [4.78, 5) is 2.60. The van der Waals surface area contributed by atoms with Crippen LogP contribution in [0.5, 0.6) is 0 Å². The third-order valence-electron chi connectivity index (χ3n) is 2.48. The fraction of sp³-hybridized carbons (Fsp3) is 0.222. The van der Waals surface area contributed by atoms with Gasteiger partial charge in [-0.15, -0.1) is 0 Å². The van der Waals surface area contributed by atoms with Crippen LogP contribution in [0.3, 0.4) is 0 Å². The molecule has 0 heterocycles. The second kappa shape index (κ2) is 9.46. The van der Waals surface area contributed by atoms with Crippen molar-refractivity contribution in [1.82, 2.24) is 0 Å². The lowest BCUT2D eigenvalue weighted by Gasteiger charge is -2.00. The van der Waals surface area contributed by atoms with Crippen LogP contribution in [0.25, 0.3) is 0 Å². The number of aryl methyl sites for hydroxylation is 1. The van der Waals surface area contributed by atoms with Crippen molar-refractivity contribution in [3.8, 4) is 0 Å². The van der Waals surface area contributed by atoms with Crippen molar-refractivity contribution in [2.24, 2.45) is 0 Å². The number of thioether (sulfide) groups is 1. The van der Waals surface area contributed by atoms with E-state index in [0.29, 0.717) is 0 Å². The van der Waals surface area contributed by atoms with Crippen molar-refractivity contribution in [3.05, 3.63) is 77.3 Å². The number of rotatable bonds is 6. The van der Waals surface area contributed by atoms with Gasteiger partial charge in [-0.1, -0.05) is 72.0 Å². The third-order valence-corrected chi connectivity index (χ3v) is 3.44. The summed E-state index contributed by atoms with van der Waals surface area (Å²) in [5.74, 6) is 0. The van der Waals surface area contributed by atoms with Crippen LogP contribution in [0.1, 0.15) is 25.8 Å². The first kappa shape index (κ1) is 15.6. The maximum atomic E-state index is 2.17. The lowest BCUT2D eigenvalue weighted by Crippen LogP contribution is -1.73. The first-order valence-corrected chi connectivity index (χ1v) is 7.40. The van der Waals surface area contributed by atoms with Crippen molar-refractivity contribution in [2.45, 2.75) is 32.1 Å². The minimum absolute atomic E-state index is 0.976. The fourth-order valence-electron chi connectivity index (χ4n) is 1.46. The standard InChI is InChI=1S/C18H22S/c1-4-5-6-7-8-9-10-11-17(3)19-18-14-12-16(2)13-15-18/h4-7,9-15H,8H2,1-3H3/b5-4-,7-6-,10-9-,17-11+. The van der Waals surface area contributed by atoms with Gasteiger partial charge in [-0.05, 0) is 44.2 Å². The van der Waals surface area contributed by atoms with E-state index in [4.69, 9.17) is 0 Å². The SMILES string of the molecule is C/C=C\C=C/C/C=C\C=C(/C)Sc1ccc(C)cc1. The molecule has 0 atom stereocenters. The summed E-state index contributed by atoms with van der Waals surface area (Å²) >= 11 is 1.80. The number of hydrogen-bond donors (Lipinski definition) is 0. The van der Waals surface area contributed by atoms with E-state index in [2.05, 4.69) is 68.5 Å². The molecule has 19 heavy (non-hydrogen) atoms. The van der Waals surface area contributed by atoms with Crippen molar-refractivity contribution >= 4 is 11.8 Å². The van der Waals surface area contributed by atoms with Crippen LogP contribution in [0.2, 0.25) is 0 Å². The van der Waals surface area contributed by atoms with E-state index in [-0.39, 0.29) is 0 Å². The van der Waals surface area contributed by atoms with Crippen LogP contribution in [0.4, 0.5) is 0 Å². The molecule has 0 aliphatic heterocycles. The van der Waals surface area contributed by atoms with Crippen LogP contribution in [-0.4, -0.2) is 0 Å². The van der Waals surface area contributed by atoms with Gasteiger partial charge < -0.3 is 0 Å². The van der Waals surface area contributed by atoms with Gasteiger partial charge in [0.05, 0.1) is 0 Å². The topological polar surface area (TPSA) is 0 Å². The quantitative estimate of drug-likeness (QED) is 0.446. The van der Waals surface area contributed by atoms with E-state index < -0.39 is 0 Å². The van der Waals surface area contributed by atoms with Gasteiger partial charge >= 0.3 is 0 Å². The highest BCUT2D eigenvalue weighted by Crippen LogP contribution is 2.26. The molecule has 0 nitrogen and oxygen atoms in total. The Kier molecular flexibility index (Phi) is 7.76. The Hall–Kier alpha value is -1.47. The average molecular weight is 270 g/mol. The van der Waals surface area contributed by atoms with Gasteiger partial charge in [-0.2, -0.15) is 0 Å². The molecular formula is C18H22S. The van der Waals surface area contributed by atoms with Gasteiger partial charge in [-0.25, -0.2) is 0 Å². The summed E-state index contributed by atoms with van der Waals surface area (Å²) in [7, 11) is 0. The Morgan fingerprint density at radius 3 is 2.42 bits per heavy atom. The molecule has 0 aliphatic carbocycles. The van der Waals surface area contributed by atoms with Gasteiger partial charge in [0, 0.05) is 4.90 Å². The van der Waals surface area contributed by atoms with E-state index in [1.807, 2.05) is 19.1 Å². The second-order valence-corrected chi connectivity index (χ2v) is 5.63. The molecule has 0 radical (unpaired) electrons. The van der Waals surface area contributed by atoms with E-state index in [9.17, 15) is 0 Å². The molecule has 0 amide bonds. The van der Waals surface area contributed by atoms with Crippen LogP contribution >= 0.6 is 11.8 Å². The Labute approximate surface area is 121 Å². The smallest absolute Gasteiger partial charge is 0.0119 e. The van der Waals surface area contributed by atoms with E-state index in [1.165, 1.54) is 15.4 Å². The van der Waals surface area contributed by atoms with Crippen LogP contribution in [0.15, 0.2) is 76.6 Å². The molecule has 0 N–H and O–H groups in total. The molecule has 1 aromatic carbocycles. The van der Waals surface area contributed by atoms with Gasteiger partial charge in [-0.3, -0.25) is 0 Å². The number of benzene rings is 1. The first-order valence-electron chi connectivity index (χ1n) is 6.58. The summed E-state index contributed by atoms with van der Waals surface area (Å²) in [6, 6.07) is 8.64. The molecule has 0 aromatic heterocycles. The molecule has 0 fully saturated rings. The van der Waals surface area contributed by atoms with Crippen molar-refractivity contribution in [3.63, 3.8) is 0 Å². The highest BCUT2D eigenvalue weighted by molar-refractivity contribution is 8.03. The molecule has 1 aromatic rings. The minimum Gasteiger partial charge on any atom is -0.0949 e. The summed E-state index contributed by atoms with van der Waals surface area (Å²) in [5, 5.41) is 0. The molecule has 0 bridgehead atoms. The maximum Gasteiger partial charge on any atom is 0.0119 e. The Morgan fingerprint density at radius 1 is 1.05 bits per heavy atom. The first-order chi connectivity index (χ1) is 9.22. The highest BCUT2D eigenvalue weighted by Gasteiger charge is 1.93. The average Bonchev–Trinajstić information content (AvgIpc) is 2.40. The lowest BCUT2D eigenvalue weighted by molar-refractivity contribution is 1.38. The van der Waals surface area contributed by atoms with Gasteiger partial charge in [0.1, 0.15) is 0 Å². The monoisotopic (exact) mass is 270 g/mol. The molecule has 0 unspecified atom stereocenters. The largest absolute Gasteiger partial charge is 0.0949 e. The molecule has 0 spiro atoms. The van der Waals surface area contributed by atoms with Crippen LogP contribution < -0.4 is 0 Å². The minimum atomic E-state index is 0.976. The van der Waals surface area contributed by atoms with Gasteiger partial charge in [0.15, 0.2) is 0 Å². The summed E-state index contributed by atoms with van der Waals surface area (Å²) in [6.45, 7) is 6.28. The summed E-state index contributed by atoms with van der Waals surface area (Å²) < 4.78 is 0. The zero-order chi connectivity index (χ0) is 13.9. The third kappa shape index (κ3) is 7.53. The lowest BCUT2D eigenvalue weighted by atomic mass is 10.2. The van der Waals surface area contributed by atoms with E-state index in [0.717, 1.165) is 6.42 Å².